The zero-order chi connectivity index (χ0) is 20.4. The van der Waals surface area contributed by atoms with Crippen LogP contribution in [0.3, 0.4) is 0 Å². The first-order valence-electron chi connectivity index (χ1n) is 9.02. The molecule has 1 amide bonds. The van der Waals surface area contributed by atoms with Gasteiger partial charge in [0.15, 0.2) is 0 Å². The summed E-state index contributed by atoms with van der Waals surface area (Å²) in [5, 5.41) is 10.3. The average molecular weight is 404 g/mol. The van der Waals surface area contributed by atoms with Gasteiger partial charge in [0, 0.05) is 11.6 Å². The monoisotopic (exact) mass is 403 g/mol. The van der Waals surface area contributed by atoms with E-state index in [0.29, 0.717) is 11.3 Å². The third kappa shape index (κ3) is 3.75. The molecule has 0 bridgehead atoms. The van der Waals surface area contributed by atoms with Crippen LogP contribution >= 0.6 is 11.6 Å². The summed E-state index contributed by atoms with van der Waals surface area (Å²) in [6.07, 6.45) is 3.69. The number of benzene rings is 3. The van der Waals surface area contributed by atoms with Gasteiger partial charge in [-0.15, -0.1) is 0 Å². The molecule has 4 nitrogen and oxygen atoms in total. The molecule has 1 aliphatic heterocycles. The molecular weight excluding hydrogens is 386 g/mol. The molecule has 0 fully saturated rings. The first-order valence-corrected chi connectivity index (χ1v) is 9.40. The van der Waals surface area contributed by atoms with E-state index in [-0.39, 0.29) is 16.7 Å². The maximum Gasteiger partial charge on any atom is 0.262 e. The number of carbonyl (C=O) groups is 1. The summed E-state index contributed by atoms with van der Waals surface area (Å²) in [7, 11) is 1.61. The highest BCUT2D eigenvalue weighted by Crippen LogP contribution is 2.38. The van der Waals surface area contributed by atoms with Crippen LogP contribution in [0.4, 0.5) is 5.69 Å². The molecule has 1 N–H and O–H groups in total. The topological polar surface area (TPSA) is 49.8 Å². The average Bonchev–Trinajstić information content (AvgIpc) is 3.07. The molecule has 0 spiro atoms. The van der Waals surface area contributed by atoms with Crippen LogP contribution in [0.15, 0.2) is 84.4 Å². The minimum Gasteiger partial charge on any atom is -0.506 e. The van der Waals surface area contributed by atoms with Gasteiger partial charge in [0.2, 0.25) is 0 Å². The molecule has 4 rings (SSSR count). The quantitative estimate of drug-likeness (QED) is 0.583. The molecule has 3 aromatic carbocycles. The van der Waals surface area contributed by atoms with Crippen molar-refractivity contribution in [3.63, 3.8) is 0 Å². The highest BCUT2D eigenvalue weighted by Gasteiger charge is 2.30. The van der Waals surface area contributed by atoms with E-state index in [4.69, 9.17) is 16.3 Å². The lowest BCUT2D eigenvalue weighted by molar-refractivity contribution is -0.113. The molecule has 0 radical (unpaired) electrons. The molecule has 0 atom stereocenters. The second-order valence-corrected chi connectivity index (χ2v) is 6.95. The van der Waals surface area contributed by atoms with Gasteiger partial charge >= 0.3 is 0 Å². The van der Waals surface area contributed by atoms with E-state index in [0.717, 1.165) is 22.6 Å². The summed E-state index contributed by atoms with van der Waals surface area (Å²) in [6, 6.07) is 21.9. The number of methoxy groups -OCH3 is 1. The van der Waals surface area contributed by atoms with Crippen LogP contribution in [-0.4, -0.2) is 18.1 Å². The maximum atomic E-state index is 13.3. The van der Waals surface area contributed by atoms with Crippen molar-refractivity contribution in [1.29, 1.82) is 0 Å². The number of rotatable bonds is 4. The van der Waals surface area contributed by atoms with E-state index >= 15 is 0 Å². The number of hydrogen-bond acceptors (Lipinski definition) is 3. The fourth-order valence-corrected chi connectivity index (χ4v) is 3.33. The van der Waals surface area contributed by atoms with Crippen LogP contribution in [-0.2, 0) is 4.79 Å². The van der Waals surface area contributed by atoms with Crippen LogP contribution < -0.4 is 9.64 Å². The van der Waals surface area contributed by atoms with Crippen LogP contribution in [0.25, 0.3) is 11.8 Å². The van der Waals surface area contributed by atoms with E-state index in [1.807, 2.05) is 66.7 Å². The summed E-state index contributed by atoms with van der Waals surface area (Å²) < 4.78 is 5.19. The first kappa shape index (κ1) is 18.8. The third-order valence-electron chi connectivity index (χ3n) is 4.68. The highest BCUT2D eigenvalue weighted by molar-refractivity contribution is 6.32. The predicted octanol–water partition coefficient (Wildman–Crippen LogP) is 5.53. The molecule has 0 saturated carbocycles. The van der Waals surface area contributed by atoms with Gasteiger partial charge in [-0.2, -0.15) is 0 Å². The van der Waals surface area contributed by atoms with Gasteiger partial charge in [-0.05, 0) is 47.5 Å². The van der Waals surface area contributed by atoms with Crippen molar-refractivity contribution in [2.45, 2.75) is 0 Å². The van der Waals surface area contributed by atoms with Crippen molar-refractivity contribution < 1.29 is 14.6 Å². The third-order valence-corrected chi connectivity index (χ3v) is 5.00. The second kappa shape index (κ2) is 7.86. The van der Waals surface area contributed by atoms with E-state index in [9.17, 15) is 9.90 Å². The van der Waals surface area contributed by atoms with Crippen LogP contribution in [0, 0.1) is 0 Å². The Hall–Kier alpha value is -3.50. The van der Waals surface area contributed by atoms with Gasteiger partial charge in [-0.3, -0.25) is 9.69 Å². The molecule has 0 aliphatic carbocycles. The first-order chi connectivity index (χ1) is 14.1. The SMILES string of the molecule is COc1ccc(/C=C2\C=C(c3ccccc3)N(c3ccc(Cl)c(O)c3)C2=O)cc1. The number of hydrogen-bond donors (Lipinski definition) is 1. The lowest BCUT2D eigenvalue weighted by Crippen LogP contribution is -2.24. The van der Waals surface area contributed by atoms with E-state index < -0.39 is 0 Å². The molecule has 0 aromatic heterocycles. The summed E-state index contributed by atoms with van der Waals surface area (Å²) >= 11 is 5.95. The van der Waals surface area contributed by atoms with E-state index in [2.05, 4.69) is 0 Å². The van der Waals surface area contributed by atoms with Crippen LogP contribution in [0.2, 0.25) is 5.02 Å². The molecule has 1 heterocycles. The summed E-state index contributed by atoms with van der Waals surface area (Å²) in [4.78, 5) is 14.9. The lowest BCUT2D eigenvalue weighted by atomic mass is 10.1. The zero-order valence-corrected chi connectivity index (χ0v) is 16.4. The highest BCUT2D eigenvalue weighted by atomic mass is 35.5. The number of carbonyl (C=O) groups excluding carboxylic acids is 1. The predicted molar refractivity (Wildman–Crippen MR) is 116 cm³/mol. The summed E-state index contributed by atoms with van der Waals surface area (Å²) in [5.74, 6) is 0.502. The number of nitrogens with zero attached hydrogens (tertiary/aromatic N) is 1. The normalized spacial score (nSPS) is 15.0. The number of ether oxygens (including phenoxy) is 1. The van der Waals surface area contributed by atoms with Crippen LogP contribution in [0.5, 0.6) is 11.5 Å². The molecule has 3 aromatic rings. The minimum atomic E-state index is -0.179. The summed E-state index contributed by atoms with van der Waals surface area (Å²) in [6.45, 7) is 0. The summed E-state index contributed by atoms with van der Waals surface area (Å²) in [5.41, 5.74) is 3.61. The smallest absolute Gasteiger partial charge is 0.262 e. The van der Waals surface area contributed by atoms with Gasteiger partial charge in [-0.1, -0.05) is 54.1 Å². The molecule has 0 unspecified atom stereocenters. The number of aromatic hydroxyl groups is 1. The molecule has 0 saturated heterocycles. The van der Waals surface area contributed by atoms with Crippen molar-refractivity contribution in [1.82, 2.24) is 0 Å². The molecule has 29 heavy (non-hydrogen) atoms. The fourth-order valence-electron chi connectivity index (χ4n) is 3.21. The largest absolute Gasteiger partial charge is 0.506 e. The molecular formula is C24H18ClNO3. The van der Waals surface area contributed by atoms with Gasteiger partial charge in [0.05, 0.1) is 23.5 Å². The minimum absolute atomic E-state index is 0.0723. The Labute approximate surface area is 173 Å². The number of halogens is 1. The van der Waals surface area contributed by atoms with Crippen molar-refractivity contribution in [2.75, 3.05) is 12.0 Å². The van der Waals surface area contributed by atoms with Gasteiger partial charge in [0.25, 0.3) is 5.91 Å². The second-order valence-electron chi connectivity index (χ2n) is 6.54. The van der Waals surface area contributed by atoms with Gasteiger partial charge < -0.3 is 9.84 Å². The zero-order valence-electron chi connectivity index (χ0n) is 15.7. The number of phenols is 1. The Kier molecular flexibility index (Phi) is 5.10. The van der Waals surface area contributed by atoms with Crippen molar-refractivity contribution >= 4 is 35.0 Å². The van der Waals surface area contributed by atoms with Crippen LogP contribution in [0.1, 0.15) is 11.1 Å². The van der Waals surface area contributed by atoms with E-state index in [1.165, 1.54) is 6.07 Å². The Morgan fingerprint density at radius 1 is 1.00 bits per heavy atom. The van der Waals surface area contributed by atoms with Crippen molar-refractivity contribution in [3.8, 4) is 11.5 Å². The standard InChI is InChI=1S/C24H18ClNO3/c1-29-20-10-7-16(8-11-20)13-18-14-22(17-5-3-2-4-6-17)26(24(18)28)19-9-12-21(25)23(27)15-19/h2-15,27H,1H3/b18-13+. The van der Waals surface area contributed by atoms with Gasteiger partial charge in [-0.25, -0.2) is 0 Å². The fraction of sp³-hybridized carbons (Fsp3) is 0.0417. The lowest BCUT2D eigenvalue weighted by Gasteiger charge is -2.21. The molecule has 1 aliphatic rings. The van der Waals surface area contributed by atoms with E-state index in [1.54, 1.807) is 24.1 Å². The van der Waals surface area contributed by atoms with Gasteiger partial charge in [0.1, 0.15) is 11.5 Å². The van der Waals surface area contributed by atoms with Crippen molar-refractivity contribution in [3.05, 3.63) is 101 Å². The Bertz CT molecular complexity index is 1120. The Morgan fingerprint density at radius 3 is 2.38 bits per heavy atom. The Morgan fingerprint density at radius 2 is 1.72 bits per heavy atom. The number of anilines is 1. The number of amides is 1. The maximum absolute atomic E-state index is 13.3. The molecule has 5 heteroatoms. The van der Waals surface area contributed by atoms with Crippen molar-refractivity contribution in [2.24, 2.45) is 0 Å². The number of phenolic OH excluding ortho intramolecular Hbond substituents is 1. The molecule has 144 valence electrons. The Balaban J connectivity index is 1.80.